The summed E-state index contributed by atoms with van der Waals surface area (Å²) >= 11 is 0. The van der Waals surface area contributed by atoms with E-state index in [0.717, 1.165) is 9.54 Å². The minimum atomic E-state index is -4.57. The summed E-state index contributed by atoms with van der Waals surface area (Å²) in [5, 5.41) is -0.310. The molecule has 0 N–H and O–H groups in total. The second-order valence-electron chi connectivity index (χ2n) is 11.4. The third-order valence-electron chi connectivity index (χ3n) is 7.69. The van der Waals surface area contributed by atoms with Crippen LogP contribution in [0.2, 0.25) is 0 Å². The van der Waals surface area contributed by atoms with E-state index in [2.05, 4.69) is 9.97 Å². The minimum Gasteiger partial charge on any atom is -0.484 e. The van der Waals surface area contributed by atoms with Crippen molar-refractivity contribution in [3.63, 3.8) is 0 Å². The van der Waals surface area contributed by atoms with Gasteiger partial charge in [-0.05, 0) is 68.3 Å². The number of carbonyl (C=O) groups is 1. The third-order valence-corrected chi connectivity index (χ3v) is 12.4. The van der Waals surface area contributed by atoms with Crippen LogP contribution in [0.3, 0.4) is 0 Å². The number of benzene rings is 3. The van der Waals surface area contributed by atoms with Gasteiger partial charge in [-0.25, -0.2) is 25.8 Å². The van der Waals surface area contributed by atoms with Crippen molar-refractivity contribution < 1.29 is 48.5 Å². The Balaban J connectivity index is 1.28. The van der Waals surface area contributed by atoms with Crippen LogP contribution in [0.1, 0.15) is 28.8 Å². The van der Waals surface area contributed by atoms with E-state index in [1.165, 1.54) is 61.7 Å². The molecule has 0 aliphatic heterocycles. The van der Waals surface area contributed by atoms with Gasteiger partial charge in [-0.1, -0.05) is 42.0 Å². The van der Waals surface area contributed by atoms with Crippen LogP contribution in [0, 0.1) is 13.8 Å². The van der Waals surface area contributed by atoms with E-state index in [-0.39, 0.29) is 73.9 Å². The summed E-state index contributed by atoms with van der Waals surface area (Å²) in [6, 6.07) is 19.6. The van der Waals surface area contributed by atoms with Crippen molar-refractivity contribution in [2.75, 3.05) is 19.0 Å². The molecule has 270 valence electrons. The fraction of sp³-hybridized carbons (Fsp3) is 0.265. The number of alkyl halides is 3. The van der Waals surface area contributed by atoms with Gasteiger partial charge in [0.25, 0.3) is 10.0 Å². The summed E-state index contributed by atoms with van der Waals surface area (Å²) in [4.78, 5) is 20.8. The van der Waals surface area contributed by atoms with Gasteiger partial charge < -0.3 is 9.47 Å². The Labute approximate surface area is 294 Å². The van der Waals surface area contributed by atoms with E-state index in [4.69, 9.17) is 9.47 Å². The van der Waals surface area contributed by atoms with Gasteiger partial charge in [-0.15, -0.1) is 0 Å². The second-order valence-corrected chi connectivity index (χ2v) is 16.7. The Kier molecular flexibility index (Phi) is 11.3. The van der Waals surface area contributed by atoms with Crippen molar-refractivity contribution in [3.8, 4) is 5.75 Å². The highest BCUT2D eigenvalue weighted by atomic mass is 32.2. The van der Waals surface area contributed by atoms with E-state index in [9.17, 15) is 39.0 Å². The number of pyridine rings is 1. The number of rotatable bonds is 14. The van der Waals surface area contributed by atoms with E-state index in [1.807, 2.05) is 6.92 Å². The number of ether oxygens (including phenoxy) is 2. The molecule has 0 amide bonds. The summed E-state index contributed by atoms with van der Waals surface area (Å²) in [5.74, 6) is -1.45. The lowest BCUT2D eigenvalue weighted by Crippen LogP contribution is -2.20. The number of hydrogen-bond acceptors (Lipinski definition) is 10. The Morgan fingerprint density at radius 1 is 0.902 bits per heavy atom. The lowest BCUT2D eigenvalue weighted by Gasteiger charge is -2.14. The Morgan fingerprint density at radius 3 is 2.25 bits per heavy atom. The third kappa shape index (κ3) is 9.20. The molecule has 0 fully saturated rings. The van der Waals surface area contributed by atoms with Crippen LogP contribution in [-0.2, 0) is 52.4 Å². The van der Waals surface area contributed by atoms with Crippen molar-refractivity contribution in [1.29, 1.82) is 0 Å². The molecular weight excluding hydrogens is 732 g/mol. The fourth-order valence-electron chi connectivity index (χ4n) is 4.95. The van der Waals surface area contributed by atoms with Gasteiger partial charge in [0, 0.05) is 18.2 Å². The Morgan fingerprint density at radius 2 is 1.57 bits per heavy atom. The van der Waals surface area contributed by atoms with E-state index in [1.54, 1.807) is 30.3 Å². The van der Waals surface area contributed by atoms with Gasteiger partial charge in [0.2, 0.25) is 5.16 Å². The number of para-hydroxylation sites is 2. The number of aryl methyl sites for hydroxylation is 2. The Hall–Kier alpha value is -4.61. The predicted molar refractivity (Wildman–Crippen MR) is 182 cm³/mol. The van der Waals surface area contributed by atoms with Crippen LogP contribution in [0.4, 0.5) is 13.2 Å². The zero-order chi connectivity index (χ0) is 37.0. The zero-order valence-electron chi connectivity index (χ0n) is 27.3. The molecule has 0 radical (unpaired) electrons. The maximum Gasteiger partial charge on any atom is 0.422 e. The van der Waals surface area contributed by atoms with Gasteiger partial charge in [0.15, 0.2) is 16.4 Å². The molecule has 0 saturated carbocycles. The van der Waals surface area contributed by atoms with Crippen LogP contribution in [0.5, 0.6) is 5.75 Å². The number of sulfone groups is 1. The highest BCUT2D eigenvalue weighted by Gasteiger charge is 2.30. The molecule has 0 aliphatic carbocycles. The summed E-state index contributed by atoms with van der Waals surface area (Å²) in [6.07, 6.45) is -3.26. The van der Waals surface area contributed by atoms with Crippen LogP contribution >= 0.6 is 0 Å². The van der Waals surface area contributed by atoms with Crippen molar-refractivity contribution in [3.05, 3.63) is 107 Å². The van der Waals surface area contributed by atoms with Gasteiger partial charge in [0.1, 0.15) is 12.4 Å². The van der Waals surface area contributed by atoms with Crippen LogP contribution < -0.4 is 4.74 Å². The first-order chi connectivity index (χ1) is 24.0. The predicted octanol–water partition coefficient (Wildman–Crippen LogP) is 5.48. The average Bonchev–Trinajstić information content (AvgIpc) is 3.49. The molecule has 17 heteroatoms. The summed E-state index contributed by atoms with van der Waals surface area (Å²) in [6.45, 7) is 1.45. The number of imidazole rings is 1. The molecule has 51 heavy (non-hydrogen) atoms. The highest BCUT2D eigenvalue weighted by molar-refractivity contribution is 7.91. The lowest BCUT2D eigenvalue weighted by atomic mass is 10.1. The molecule has 2 heterocycles. The molecule has 1 unspecified atom stereocenters. The van der Waals surface area contributed by atoms with Gasteiger partial charge in [0.05, 0.1) is 48.8 Å². The maximum atomic E-state index is 14.0. The van der Waals surface area contributed by atoms with E-state index < -0.39 is 49.4 Å². The minimum absolute atomic E-state index is 0.0815. The van der Waals surface area contributed by atoms with Crippen molar-refractivity contribution in [1.82, 2.24) is 13.9 Å². The standard InChI is InChI=1S/C34H32F3N3O8S3/c1-23-7-12-26(13-8-23)50(43,44)20-19-47-32(41)16-11-25-9-14-27(15-10-25)51(45,46)40-30-6-4-3-5-28(30)39-33(40)49(42)21-29-24(2)31(17-18-38-29)48-22-34(35,36)37/h3-10,12-15,17-18H,11,16,19-22H2,1-2H3. The first kappa shape index (κ1) is 37.6. The first-order valence-electron chi connectivity index (χ1n) is 15.3. The first-order valence-corrected chi connectivity index (χ1v) is 19.8. The molecule has 5 rings (SSSR count). The van der Waals surface area contributed by atoms with E-state index in [0.29, 0.717) is 5.56 Å². The van der Waals surface area contributed by atoms with Crippen LogP contribution in [-0.4, -0.2) is 66.1 Å². The fourth-order valence-corrected chi connectivity index (χ4v) is 9.08. The molecule has 11 nitrogen and oxygen atoms in total. The SMILES string of the molecule is Cc1ccc(S(=O)(=O)CCOC(=O)CCc2ccc(S(=O)(=O)n3c(S(=O)Cc4nccc(OCC(F)(F)F)c4C)nc4ccccc43)cc2)cc1. The average molecular weight is 764 g/mol. The smallest absolute Gasteiger partial charge is 0.422 e. The van der Waals surface area contributed by atoms with Crippen molar-refractivity contribution in [2.45, 2.75) is 53.6 Å². The number of nitrogens with zero attached hydrogens (tertiary/aromatic N) is 3. The molecule has 2 aromatic heterocycles. The van der Waals surface area contributed by atoms with Crippen molar-refractivity contribution in [2.24, 2.45) is 0 Å². The van der Waals surface area contributed by atoms with Crippen LogP contribution in [0.25, 0.3) is 11.0 Å². The highest BCUT2D eigenvalue weighted by Crippen LogP contribution is 2.29. The molecule has 0 saturated heterocycles. The summed E-state index contributed by atoms with van der Waals surface area (Å²) in [7, 11) is -10.1. The number of esters is 1. The Bertz CT molecular complexity index is 2290. The normalized spacial score (nSPS) is 12.9. The molecule has 0 spiro atoms. The van der Waals surface area contributed by atoms with Gasteiger partial charge >= 0.3 is 12.1 Å². The van der Waals surface area contributed by atoms with Crippen molar-refractivity contribution >= 4 is 47.7 Å². The molecule has 3 aromatic carbocycles. The number of carbonyl (C=O) groups excluding carboxylic acids is 1. The van der Waals surface area contributed by atoms with Gasteiger partial charge in [-0.3, -0.25) is 14.0 Å². The maximum absolute atomic E-state index is 14.0. The molecule has 0 aliphatic rings. The quantitative estimate of drug-likeness (QED) is 0.133. The monoisotopic (exact) mass is 763 g/mol. The largest absolute Gasteiger partial charge is 0.484 e. The number of hydrogen-bond donors (Lipinski definition) is 0. The number of fused-ring (bicyclic) bond motifs is 1. The van der Waals surface area contributed by atoms with Crippen LogP contribution in [0.15, 0.2) is 100 Å². The summed E-state index contributed by atoms with van der Waals surface area (Å²) < 4.78 is 116. The lowest BCUT2D eigenvalue weighted by molar-refractivity contribution is -0.153. The topological polar surface area (TPSA) is 152 Å². The summed E-state index contributed by atoms with van der Waals surface area (Å²) in [5.41, 5.74) is 2.27. The second kappa shape index (κ2) is 15.3. The molecule has 5 aromatic rings. The number of halogens is 3. The zero-order valence-corrected chi connectivity index (χ0v) is 29.7. The van der Waals surface area contributed by atoms with Gasteiger partial charge in [-0.2, -0.15) is 13.2 Å². The molecule has 1 atom stereocenters. The molecular formula is C34H32F3N3O8S3. The molecule has 0 bridgehead atoms. The number of aromatic nitrogens is 3. The van der Waals surface area contributed by atoms with E-state index >= 15 is 0 Å².